The van der Waals surface area contributed by atoms with Gasteiger partial charge >= 0.3 is 13.1 Å². The Hall–Kier alpha value is -5.74. The van der Waals surface area contributed by atoms with Gasteiger partial charge in [0.05, 0.1) is 36.2 Å². The smallest absolute Gasteiger partial charge is 0.478 e. The quantitative estimate of drug-likeness (QED) is 0.109. The minimum absolute atomic E-state index is 0.0893. The van der Waals surface area contributed by atoms with Crippen LogP contribution in [-0.4, -0.2) is 54.8 Å². The molecule has 0 saturated carbocycles. The van der Waals surface area contributed by atoms with Gasteiger partial charge in [0.25, 0.3) is 0 Å². The molecule has 3 N–H and O–H groups in total. The molecule has 0 spiro atoms. The minimum Gasteiger partial charge on any atom is -0.478 e. The number of rotatable bonds is 6. The number of aromatic nitrogens is 3. The molecule has 0 bridgehead atoms. The molecule has 0 fully saturated rings. The Labute approximate surface area is 354 Å². The largest absolute Gasteiger partial charge is 0.488 e. The van der Waals surface area contributed by atoms with Gasteiger partial charge in [-0.05, 0) is 89.8 Å². The molecule has 0 aliphatic rings. The number of carboxylic acid groups (broad SMARTS) is 1. The number of halogens is 1. The third-order valence-corrected chi connectivity index (χ3v) is 11.9. The molecule has 9 aromatic rings. The summed E-state index contributed by atoms with van der Waals surface area (Å²) in [7, 11) is -1.34. The van der Waals surface area contributed by atoms with Crippen LogP contribution in [0.25, 0.3) is 51.8 Å². The molecular weight excluding hydrogens is 853 g/mol. The molecule has 3 aromatic heterocycles. The van der Waals surface area contributed by atoms with Gasteiger partial charge in [-0.15, -0.1) is 34.0 Å². The van der Waals surface area contributed by atoms with Crippen LogP contribution in [0.3, 0.4) is 0 Å². The Morgan fingerprint density at radius 1 is 0.517 bits per heavy atom. The highest BCUT2D eigenvalue weighted by atomic mass is 79.9. The van der Waals surface area contributed by atoms with Gasteiger partial charge in [-0.1, -0.05) is 91.0 Å². The SMILES string of the molecule is CC(=O)c1ccc2nc(-c3ccccc3)sc2c1.CC(=O)c1ccc2nc(Br)sc2c1.O=C(O)c1ccc2nc(-c3ccccc3)sc2c1.OB(O)c1ccccc1. The average Bonchev–Trinajstić information content (AvgIpc) is 3.97. The highest BCUT2D eigenvalue weighted by Gasteiger charge is 2.11. The second kappa shape index (κ2) is 19.6. The van der Waals surface area contributed by atoms with Crippen LogP contribution in [-0.2, 0) is 0 Å². The average molecular weight is 887 g/mol. The van der Waals surface area contributed by atoms with E-state index in [0.717, 1.165) is 66.8 Å². The molecule has 0 unspecified atom stereocenters. The number of carbonyl (C=O) groups is 3. The molecule has 9 nitrogen and oxygen atoms in total. The number of benzene rings is 6. The number of hydrogen-bond donors (Lipinski definition) is 3. The fourth-order valence-corrected chi connectivity index (χ4v) is 8.81. The number of carboxylic acids is 1. The van der Waals surface area contributed by atoms with Crippen LogP contribution >= 0.6 is 49.9 Å². The fraction of sp³-hybridized carbons (Fsp3) is 0.0455. The van der Waals surface area contributed by atoms with Crippen LogP contribution in [0, 0.1) is 0 Å². The zero-order valence-corrected chi connectivity index (χ0v) is 35.0. The van der Waals surface area contributed by atoms with E-state index in [1.165, 1.54) is 22.7 Å². The lowest BCUT2D eigenvalue weighted by molar-refractivity contribution is 0.0696. The highest BCUT2D eigenvalue weighted by molar-refractivity contribution is 9.11. The summed E-state index contributed by atoms with van der Waals surface area (Å²) in [6.07, 6.45) is 0. The minimum atomic E-state index is -1.34. The van der Waals surface area contributed by atoms with Crippen molar-refractivity contribution in [3.8, 4) is 21.1 Å². The molecular formula is C44H33BBrN3O6S3. The maximum atomic E-state index is 11.4. The van der Waals surface area contributed by atoms with E-state index in [0.29, 0.717) is 11.0 Å². The second-order valence-electron chi connectivity index (χ2n) is 12.5. The van der Waals surface area contributed by atoms with Crippen molar-refractivity contribution in [2.45, 2.75) is 13.8 Å². The number of Topliss-reactive ketones (excluding diaryl/α,β-unsaturated/α-hetero) is 2. The summed E-state index contributed by atoms with van der Waals surface area (Å²) >= 11 is 7.97. The molecule has 0 aliphatic heterocycles. The number of hydrogen-bond acceptors (Lipinski definition) is 11. The van der Waals surface area contributed by atoms with Crippen molar-refractivity contribution >= 4 is 111 Å². The Morgan fingerprint density at radius 3 is 1.29 bits per heavy atom. The third kappa shape index (κ3) is 11.0. The molecule has 6 aromatic carbocycles. The zero-order chi connectivity index (χ0) is 41.2. The summed E-state index contributed by atoms with van der Waals surface area (Å²) in [5.74, 6) is -0.732. The molecule has 0 aliphatic carbocycles. The predicted molar refractivity (Wildman–Crippen MR) is 241 cm³/mol. The number of thiazole rings is 3. The van der Waals surface area contributed by atoms with Crippen LogP contribution in [0.4, 0.5) is 0 Å². The fourth-order valence-electron chi connectivity index (χ4n) is 5.35. The number of carbonyl (C=O) groups excluding carboxylic acids is 2. The number of nitrogens with zero attached hydrogens (tertiary/aromatic N) is 3. The summed E-state index contributed by atoms with van der Waals surface area (Å²) in [6, 6.07) is 44.8. The van der Waals surface area contributed by atoms with Crippen molar-refractivity contribution in [3.63, 3.8) is 0 Å². The molecule has 0 atom stereocenters. The van der Waals surface area contributed by atoms with E-state index in [4.69, 9.17) is 15.2 Å². The van der Waals surface area contributed by atoms with E-state index in [9.17, 15) is 14.4 Å². The number of ketones is 2. The molecule has 0 amide bonds. The van der Waals surface area contributed by atoms with Gasteiger partial charge in [-0.25, -0.2) is 19.7 Å². The van der Waals surface area contributed by atoms with E-state index >= 15 is 0 Å². The molecule has 14 heteroatoms. The zero-order valence-electron chi connectivity index (χ0n) is 30.9. The van der Waals surface area contributed by atoms with Crippen molar-refractivity contribution < 1.29 is 29.5 Å². The van der Waals surface area contributed by atoms with E-state index in [2.05, 4.69) is 30.9 Å². The van der Waals surface area contributed by atoms with Crippen molar-refractivity contribution in [2.24, 2.45) is 0 Å². The molecule has 0 radical (unpaired) electrons. The lowest BCUT2D eigenvalue weighted by Crippen LogP contribution is -2.29. The van der Waals surface area contributed by atoms with Crippen molar-refractivity contribution in [3.05, 3.63) is 166 Å². The van der Waals surface area contributed by atoms with Crippen LogP contribution in [0.2, 0.25) is 0 Å². The Balaban J connectivity index is 0.000000135. The Morgan fingerprint density at radius 2 is 0.897 bits per heavy atom. The first-order chi connectivity index (χ1) is 27.9. The van der Waals surface area contributed by atoms with Gasteiger partial charge in [0.15, 0.2) is 15.5 Å². The second-order valence-corrected chi connectivity index (χ2v) is 16.9. The van der Waals surface area contributed by atoms with Crippen LogP contribution < -0.4 is 5.46 Å². The topological polar surface area (TPSA) is 151 Å². The lowest BCUT2D eigenvalue weighted by atomic mass is 9.81. The van der Waals surface area contributed by atoms with Gasteiger partial charge in [0, 0.05) is 22.3 Å². The number of aromatic carboxylic acids is 1. The number of fused-ring (bicyclic) bond motifs is 3. The third-order valence-electron chi connectivity index (χ3n) is 8.34. The summed E-state index contributed by atoms with van der Waals surface area (Å²) in [6.45, 7) is 3.15. The van der Waals surface area contributed by atoms with Gasteiger partial charge < -0.3 is 15.2 Å². The first-order valence-electron chi connectivity index (χ1n) is 17.6. The molecule has 3 heterocycles. The maximum absolute atomic E-state index is 11.4. The van der Waals surface area contributed by atoms with Gasteiger partial charge in [0.1, 0.15) is 10.0 Å². The summed E-state index contributed by atoms with van der Waals surface area (Å²) in [4.78, 5) is 46.7. The highest BCUT2D eigenvalue weighted by Crippen LogP contribution is 2.32. The van der Waals surface area contributed by atoms with Crippen LogP contribution in [0.1, 0.15) is 44.9 Å². The lowest BCUT2D eigenvalue weighted by Gasteiger charge is -1.94. The van der Waals surface area contributed by atoms with E-state index in [1.54, 1.807) is 73.7 Å². The van der Waals surface area contributed by atoms with Gasteiger partial charge in [-0.3, -0.25) is 9.59 Å². The van der Waals surface area contributed by atoms with E-state index in [1.807, 2.05) is 97.1 Å². The normalized spacial score (nSPS) is 10.4. The van der Waals surface area contributed by atoms with Gasteiger partial charge in [-0.2, -0.15) is 0 Å². The maximum Gasteiger partial charge on any atom is 0.488 e. The predicted octanol–water partition coefficient (Wildman–Crippen LogP) is 10.5. The molecule has 9 rings (SSSR count). The van der Waals surface area contributed by atoms with E-state index < -0.39 is 13.1 Å². The summed E-state index contributed by atoms with van der Waals surface area (Å²) in [5.41, 5.74) is 7.19. The summed E-state index contributed by atoms with van der Waals surface area (Å²) in [5, 5.41) is 28.0. The Bertz CT molecular complexity index is 2700. The Kier molecular flexibility index (Phi) is 14.2. The van der Waals surface area contributed by atoms with Crippen LogP contribution in [0.15, 0.2) is 150 Å². The molecule has 58 heavy (non-hydrogen) atoms. The summed E-state index contributed by atoms with van der Waals surface area (Å²) < 4.78 is 3.85. The van der Waals surface area contributed by atoms with Gasteiger partial charge in [0.2, 0.25) is 0 Å². The van der Waals surface area contributed by atoms with Crippen molar-refractivity contribution in [1.82, 2.24) is 15.0 Å². The van der Waals surface area contributed by atoms with Crippen LogP contribution in [0.5, 0.6) is 0 Å². The standard InChI is InChI=1S/C15H11NOS.C14H9NO2S.C9H6BrNOS.C6H7BO2/c1-10(17)12-7-8-13-14(9-12)18-15(16-13)11-5-3-2-4-6-11;16-14(17)10-6-7-11-12(8-10)18-13(15-11)9-4-2-1-3-5-9;1-5(12)6-2-3-7-8(4-6)13-9(10)11-7;8-7(9)6-4-2-1-3-5-6/h2-9H,1H3;1-8H,(H,16,17);2-4H,1H3;1-5,8-9H. The molecule has 288 valence electrons. The van der Waals surface area contributed by atoms with Crippen molar-refractivity contribution in [2.75, 3.05) is 0 Å². The van der Waals surface area contributed by atoms with Crippen molar-refractivity contribution in [1.29, 1.82) is 0 Å². The van der Waals surface area contributed by atoms with E-state index in [-0.39, 0.29) is 11.6 Å². The first-order valence-corrected chi connectivity index (χ1v) is 20.8. The first kappa shape index (κ1) is 41.9. The monoisotopic (exact) mass is 885 g/mol. The molecule has 0 saturated heterocycles.